The number of piperidine rings is 1. The van der Waals surface area contributed by atoms with Crippen LogP contribution in [-0.2, 0) is 11.3 Å². The molecule has 6 nitrogen and oxygen atoms in total. The van der Waals surface area contributed by atoms with Crippen LogP contribution in [0.15, 0.2) is 24.5 Å². The number of halogens is 2. The van der Waals surface area contributed by atoms with E-state index in [0.29, 0.717) is 19.7 Å². The molecule has 0 aliphatic carbocycles. The largest absolute Gasteiger partial charge is 0.377 e. The Labute approximate surface area is 138 Å². The number of methoxy groups -OCH3 is 1. The van der Waals surface area contributed by atoms with E-state index in [0.717, 1.165) is 30.8 Å². The summed E-state index contributed by atoms with van der Waals surface area (Å²) in [6, 6.07) is 3.42. The molecule has 0 atom stereocenters. The fraction of sp³-hybridized carbons (Fsp3) is 0.438. The van der Waals surface area contributed by atoms with Gasteiger partial charge in [0.05, 0.1) is 0 Å². The second kappa shape index (κ2) is 7.04. The minimum absolute atomic E-state index is 0.164. The van der Waals surface area contributed by atoms with Crippen LogP contribution in [-0.4, -0.2) is 45.8 Å². The first-order valence-electron chi connectivity index (χ1n) is 7.71. The van der Waals surface area contributed by atoms with Gasteiger partial charge in [0.1, 0.15) is 12.9 Å². The number of hydrogen-bond acceptors (Lipinski definition) is 4. The molecule has 1 aliphatic heterocycles. The first-order chi connectivity index (χ1) is 11.6. The zero-order valence-corrected chi connectivity index (χ0v) is 13.3. The minimum Gasteiger partial charge on any atom is -0.377 e. The lowest BCUT2D eigenvalue weighted by atomic mass is 10.0. The summed E-state index contributed by atoms with van der Waals surface area (Å²) in [6.45, 7) is 1.45. The van der Waals surface area contributed by atoms with Crippen LogP contribution < -0.4 is 0 Å². The summed E-state index contributed by atoms with van der Waals surface area (Å²) >= 11 is 0. The topological polar surface area (TPSA) is 60.3 Å². The van der Waals surface area contributed by atoms with Crippen LogP contribution in [0.2, 0.25) is 0 Å². The molecular weight excluding hydrogens is 318 g/mol. The normalized spacial score (nSPS) is 15.7. The maximum Gasteiger partial charge on any atom is 0.253 e. The van der Waals surface area contributed by atoms with Gasteiger partial charge in [-0.2, -0.15) is 0 Å². The first kappa shape index (κ1) is 16.5. The highest BCUT2D eigenvalue weighted by molar-refractivity contribution is 5.94. The molecule has 24 heavy (non-hydrogen) atoms. The maximum absolute atomic E-state index is 13.3. The highest BCUT2D eigenvalue weighted by Gasteiger charge is 2.26. The Kier molecular flexibility index (Phi) is 4.84. The third-order valence-corrected chi connectivity index (χ3v) is 4.23. The number of likely N-dealkylation sites (tertiary alicyclic amines) is 1. The Hall–Kier alpha value is -2.35. The van der Waals surface area contributed by atoms with Crippen molar-refractivity contribution in [1.29, 1.82) is 0 Å². The second-order valence-electron chi connectivity index (χ2n) is 5.74. The number of rotatable bonds is 4. The maximum atomic E-state index is 13.3. The number of aromatic nitrogens is 3. The average molecular weight is 336 g/mol. The molecular formula is C16H18F2N4O2. The van der Waals surface area contributed by atoms with Gasteiger partial charge in [-0.25, -0.2) is 8.78 Å². The number of nitrogens with zero attached hydrogens (tertiary/aromatic N) is 4. The van der Waals surface area contributed by atoms with Gasteiger partial charge in [0, 0.05) is 31.8 Å². The summed E-state index contributed by atoms with van der Waals surface area (Å²) in [5.74, 6) is -1.50. The molecule has 2 aromatic rings. The van der Waals surface area contributed by atoms with Gasteiger partial charge in [0.2, 0.25) is 0 Å². The number of hydrogen-bond donors (Lipinski definition) is 0. The molecule has 0 bridgehead atoms. The molecule has 1 aromatic carbocycles. The molecule has 1 fully saturated rings. The molecule has 2 heterocycles. The van der Waals surface area contributed by atoms with Gasteiger partial charge in [-0.05, 0) is 31.0 Å². The minimum atomic E-state index is -1.01. The van der Waals surface area contributed by atoms with Crippen LogP contribution in [0.1, 0.15) is 35.1 Å². The molecule has 0 radical (unpaired) electrons. The zero-order chi connectivity index (χ0) is 17.1. The van der Waals surface area contributed by atoms with Gasteiger partial charge in [0.25, 0.3) is 5.91 Å². The van der Waals surface area contributed by atoms with Crippen molar-refractivity contribution in [3.63, 3.8) is 0 Å². The van der Waals surface area contributed by atoms with Gasteiger partial charge in [-0.3, -0.25) is 4.79 Å². The molecule has 1 amide bonds. The van der Waals surface area contributed by atoms with Crippen molar-refractivity contribution in [2.24, 2.45) is 0 Å². The standard InChI is InChI=1S/C16H18F2N4O2/c1-24-9-15-20-19-10-22(15)12-4-6-21(7-5-12)16(23)11-2-3-13(17)14(18)8-11/h2-3,8,10,12H,4-7,9H2,1H3. The van der Waals surface area contributed by atoms with Crippen molar-refractivity contribution in [3.8, 4) is 0 Å². The summed E-state index contributed by atoms with van der Waals surface area (Å²) in [6.07, 6.45) is 3.15. The third kappa shape index (κ3) is 3.28. The van der Waals surface area contributed by atoms with E-state index in [-0.39, 0.29) is 17.5 Å². The average Bonchev–Trinajstić information content (AvgIpc) is 3.05. The van der Waals surface area contributed by atoms with Crippen LogP contribution >= 0.6 is 0 Å². The third-order valence-electron chi connectivity index (χ3n) is 4.23. The fourth-order valence-corrected chi connectivity index (χ4v) is 2.96. The highest BCUT2D eigenvalue weighted by atomic mass is 19.2. The van der Waals surface area contributed by atoms with Gasteiger partial charge < -0.3 is 14.2 Å². The summed E-state index contributed by atoms with van der Waals surface area (Å²) in [4.78, 5) is 14.1. The Morgan fingerprint density at radius 2 is 2.04 bits per heavy atom. The van der Waals surface area contributed by atoms with E-state index in [9.17, 15) is 13.6 Å². The lowest BCUT2D eigenvalue weighted by molar-refractivity contribution is 0.0690. The van der Waals surface area contributed by atoms with Crippen LogP contribution in [0, 0.1) is 11.6 Å². The van der Waals surface area contributed by atoms with Crippen LogP contribution in [0.25, 0.3) is 0 Å². The number of carbonyl (C=O) groups excluding carboxylic acids is 1. The SMILES string of the molecule is COCc1nncn1C1CCN(C(=O)c2ccc(F)c(F)c2)CC1. The smallest absolute Gasteiger partial charge is 0.253 e. The molecule has 1 aromatic heterocycles. The van der Waals surface area contributed by atoms with Crippen molar-refractivity contribution < 1.29 is 18.3 Å². The first-order valence-corrected chi connectivity index (χ1v) is 7.71. The molecule has 128 valence electrons. The Balaban J connectivity index is 1.65. The second-order valence-corrected chi connectivity index (χ2v) is 5.74. The molecule has 0 saturated carbocycles. The Morgan fingerprint density at radius 1 is 1.29 bits per heavy atom. The van der Waals surface area contributed by atoms with Crippen molar-refractivity contribution in [3.05, 3.63) is 47.5 Å². The van der Waals surface area contributed by atoms with Gasteiger partial charge >= 0.3 is 0 Å². The summed E-state index contributed by atoms with van der Waals surface area (Å²) in [5, 5.41) is 7.94. The molecule has 0 spiro atoms. The van der Waals surface area contributed by atoms with Gasteiger partial charge in [0.15, 0.2) is 17.5 Å². The van der Waals surface area contributed by atoms with Crippen LogP contribution in [0.3, 0.4) is 0 Å². The van der Waals surface area contributed by atoms with Crippen molar-refractivity contribution >= 4 is 5.91 Å². The molecule has 0 unspecified atom stereocenters. The highest BCUT2D eigenvalue weighted by Crippen LogP contribution is 2.25. The summed E-state index contributed by atoms with van der Waals surface area (Å²) in [7, 11) is 1.60. The Bertz CT molecular complexity index is 727. The number of amides is 1. The van der Waals surface area contributed by atoms with E-state index in [4.69, 9.17) is 4.74 Å². The van der Waals surface area contributed by atoms with Crippen molar-refractivity contribution in [2.75, 3.05) is 20.2 Å². The lowest BCUT2D eigenvalue weighted by Gasteiger charge is -2.33. The molecule has 8 heteroatoms. The van der Waals surface area contributed by atoms with E-state index in [1.54, 1.807) is 18.3 Å². The number of benzene rings is 1. The summed E-state index contributed by atoms with van der Waals surface area (Å²) < 4.78 is 33.4. The van der Waals surface area contributed by atoms with E-state index in [1.165, 1.54) is 6.07 Å². The van der Waals surface area contributed by atoms with E-state index in [1.807, 2.05) is 4.57 Å². The summed E-state index contributed by atoms with van der Waals surface area (Å²) in [5.41, 5.74) is 0.164. The monoisotopic (exact) mass is 336 g/mol. The van der Waals surface area contributed by atoms with Gasteiger partial charge in [-0.15, -0.1) is 10.2 Å². The van der Waals surface area contributed by atoms with Crippen LogP contribution in [0.4, 0.5) is 8.78 Å². The molecule has 1 saturated heterocycles. The van der Waals surface area contributed by atoms with Crippen molar-refractivity contribution in [2.45, 2.75) is 25.5 Å². The van der Waals surface area contributed by atoms with Crippen LogP contribution in [0.5, 0.6) is 0 Å². The lowest BCUT2D eigenvalue weighted by Crippen LogP contribution is -2.39. The van der Waals surface area contributed by atoms with E-state index < -0.39 is 11.6 Å². The quantitative estimate of drug-likeness (QED) is 0.859. The molecule has 1 aliphatic rings. The predicted molar refractivity (Wildman–Crippen MR) is 81.3 cm³/mol. The zero-order valence-electron chi connectivity index (χ0n) is 13.3. The van der Waals surface area contributed by atoms with E-state index in [2.05, 4.69) is 10.2 Å². The molecule has 3 rings (SSSR count). The van der Waals surface area contributed by atoms with Crippen molar-refractivity contribution in [1.82, 2.24) is 19.7 Å². The Morgan fingerprint density at radius 3 is 2.71 bits per heavy atom. The van der Waals surface area contributed by atoms with E-state index >= 15 is 0 Å². The number of ether oxygens (including phenoxy) is 1. The molecule has 0 N–H and O–H groups in total. The van der Waals surface area contributed by atoms with Gasteiger partial charge in [-0.1, -0.05) is 0 Å². The predicted octanol–water partition coefficient (Wildman–Crippen LogP) is 2.18. The fourth-order valence-electron chi connectivity index (χ4n) is 2.96. The number of carbonyl (C=O) groups is 1.